The number of nitrogens with zero attached hydrogens (tertiary/aromatic N) is 1. The minimum Gasteiger partial charge on any atom is -0.495 e. The van der Waals surface area contributed by atoms with Crippen LogP contribution in [0.5, 0.6) is 5.75 Å². The Hall–Kier alpha value is -1.22. The molecular weight excluding hydrogens is 212 g/mol. The number of ether oxygens (including phenoxy) is 1. The molecule has 3 nitrogen and oxygen atoms in total. The lowest BCUT2D eigenvalue weighted by Gasteiger charge is -2.39. The predicted octanol–water partition coefficient (Wildman–Crippen LogP) is 1.94. The molecule has 1 fully saturated rings. The molecule has 92 valence electrons. The van der Waals surface area contributed by atoms with Crippen LogP contribution in [-0.2, 0) is 6.42 Å². The van der Waals surface area contributed by atoms with Gasteiger partial charge in [-0.2, -0.15) is 0 Å². The van der Waals surface area contributed by atoms with Crippen LogP contribution in [0.3, 0.4) is 0 Å². The van der Waals surface area contributed by atoms with Gasteiger partial charge < -0.3 is 15.4 Å². The van der Waals surface area contributed by atoms with Gasteiger partial charge in [-0.25, -0.2) is 0 Å². The normalized spacial score (nSPS) is 26.6. The van der Waals surface area contributed by atoms with Gasteiger partial charge >= 0.3 is 0 Å². The highest BCUT2D eigenvalue weighted by Crippen LogP contribution is 2.44. The van der Waals surface area contributed by atoms with Gasteiger partial charge in [-0.1, -0.05) is 12.1 Å². The number of fused-ring (bicyclic) bond motifs is 3. The zero-order valence-corrected chi connectivity index (χ0v) is 10.4. The van der Waals surface area contributed by atoms with Crippen molar-refractivity contribution in [1.29, 1.82) is 0 Å². The first kappa shape index (κ1) is 10.9. The van der Waals surface area contributed by atoms with Crippen LogP contribution in [0.15, 0.2) is 18.2 Å². The molecule has 0 saturated carbocycles. The smallest absolute Gasteiger partial charge is 0.142 e. The van der Waals surface area contributed by atoms with E-state index in [4.69, 9.17) is 10.5 Å². The molecular formula is C14H20N2O. The molecule has 0 spiro atoms. The average molecular weight is 232 g/mol. The number of para-hydroxylation sites is 1. The van der Waals surface area contributed by atoms with Gasteiger partial charge in [-0.3, -0.25) is 0 Å². The summed E-state index contributed by atoms with van der Waals surface area (Å²) in [6, 6.07) is 7.51. The molecule has 0 bridgehead atoms. The maximum atomic E-state index is 5.93. The van der Waals surface area contributed by atoms with Gasteiger partial charge in [0, 0.05) is 18.6 Å². The van der Waals surface area contributed by atoms with E-state index in [1.165, 1.54) is 30.5 Å². The van der Waals surface area contributed by atoms with Gasteiger partial charge in [0.1, 0.15) is 5.75 Å². The number of hydrogen-bond acceptors (Lipinski definition) is 3. The number of rotatable bonds is 2. The van der Waals surface area contributed by atoms with E-state index >= 15 is 0 Å². The Morgan fingerprint density at radius 1 is 1.41 bits per heavy atom. The lowest BCUT2D eigenvalue weighted by atomic mass is 9.96. The van der Waals surface area contributed by atoms with E-state index in [1.807, 2.05) is 0 Å². The van der Waals surface area contributed by atoms with Crippen molar-refractivity contribution in [3.05, 3.63) is 23.8 Å². The molecule has 17 heavy (non-hydrogen) atoms. The molecule has 0 radical (unpaired) electrons. The number of nitrogens with two attached hydrogens (primary N) is 1. The van der Waals surface area contributed by atoms with Gasteiger partial charge in [0.2, 0.25) is 0 Å². The number of hydrogen-bond donors (Lipinski definition) is 1. The van der Waals surface area contributed by atoms with Gasteiger partial charge in [0.15, 0.2) is 0 Å². The summed E-state index contributed by atoms with van der Waals surface area (Å²) in [5, 5.41) is 0. The Balaban J connectivity index is 2.05. The Kier molecular flexibility index (Phi) is 2.71. The monoisotopic (exact) mass is 232 g/mol. The van der Waals surface area contributed by atoms with E-state index in [-0.39, 0.29) is 0 Å². The maximum Gasteiger partial charge on any atom is 0.142 e. The highest BCUT2D eigenvalue weighted by molar-refractivity contribution is 5.69. The van der Waals surface area contributed by atoms with E-state index in [1.54, 1.807) is 7.11 Å². The van der Waals surface area contributed by atoms with E-state index < -0.39 is 0 Å². The Morgan fingerprint density at radius 3 is 3.06 bits per heavy atom. The highest BCUT2D eigenvalue weighted by Gasteiger charge is 2.38. The zero-order valence-electron chi connectivity index (χ0n) is 10.4. The summed E-state index contributed by atoms with van der Waals surface area (Å²) in [6.45, 7) is 0.744. The lowest BCUT2D eigenvalue weighted by Crippen LogP contribution is -2.48. The topological polar surface area (TPSA) is 38.5 Å². The molecule has 3 heteroatoms. The van der Waals surface area contributed by atoms with Crippen LogP contribution >= 0.6 is 0 Å². The molecule has 2 aliphatic heterocycles. The van der Waals surface area contributed by atoms with E-state index in [9.17, 15) is 0 Å². The zero-order chi connectivity index (χ0) is 11.8. The molecule has 0 aromatic heterocycles. The third-order valence-corrected chi connectivity index (χ3v) is 4.15. The molecule has 2 atom stereocenters. The van der Waals surface area contributed by atoms with Gasteiger partial charge in [0.05, 0.1) is 12.8 Å². The second kappa shape index (κ2) is 4.22. The maximum absolute atomic E-state index is 5.93. The fraction of sp³-hybridized carbons (Fsp3) is 0.571. The van der Waals surface area contributed by atoms with Crippen molar-refractivity contribution in [2.75, 3.05) is 18.6 Å². The van der Waals surface area contributed by atoms with Crippen molar-refractivity contribution in [3.63, 3.8) is 0 Å². The summed E-state index contributed by atoms with van der Waals surface area (Å²) in [6.07, 6.45) is 4.96. The van der Waals surface area contributed by atoms with Crippen LogP contribution in [0.1, 0.15) is 24.8 Å². The first-order chi connectivity index (χ1) is 8.35. The quantitative estimate of drug-likeness (QED) is 0.847. The Morgan fingerprint density at radius 2 is 2.29 bits per heavy atom. The summed E-state index contributed by atoms with van der Waals surface area (Å²) in [5.74, 6) is 1.00. The Bertz CT molecular complexity index is 413. The number of methoxy groups -OCH3 is 1. The van der Waals surface area contributed by atoms with Crippen molar-refractivity contribution >= 4 is 5.69 Å². The number of anilines is 1. The fourth-order valence-electron chi connectivity index (χ4n) is 3.41. The van der Waals surface area contributed by atoms with Gasteiger partial charge in [-0.05, 0) is 37.3 Å². The minimum atomic E-state index is 0.492. The molecule has 2 heterocycles. The van der Waals surface area contributed by atoms with Crippen LogP contribution in [-0.4, -0.2) is 25.7 Å². The molecule has 1 aromatic rings. The average Bonchev–Trinajstić information content (AvgIpc) is 2.76. The molecule has 0 aliphatic carbocycles. The van der Waals surface area contributed by atoms with Crippen LogP contribution in [0, 0.1) is 0 Å². The van der Waals surface area contributed by atoms with Gasteiger partial charge in [-0.15, -0.1) is 0 Å². The molecule has 2 unspecified atom stereocenters. The molecule has 2 aliphatic rings. The minimum absolute atomic E-state index is 0.492. The van der Waals surface area contributed by atoms with Crippen molar-refractivity contribution in [1.82, 2.24) is 0 Å². The summed E-state index contributed by atoms with van der Waals surface area (Å²) < 4.78 is 5.52. The van der Waals surface area contributed by atoms with Gasteiger partial charge in [0.25, 0.3) is 0 Å². The fourth-order valence-corrected chi connectivity index (χ4v) is 3.41. The molecule has 3 rings (SSSR count). The standard InChI is InChI=1S/C14H20N2O/c1-17-13-7-2-4-10-8-11-5-3-6-12(9-15)16(11)14(10)13/h2,4,7,11-12H,3,5-6,8-9,15H2,1H3. The van der Waals surface area contributed by atoms with Crippen LogP contribution < -0.4 is 15.4 Å². The van der Waals surface area contributed by atoms with Crippen molar-refractivity contribution in [2.24, 2.45) is 5.73 Å². The molecule has 1 saturated heterocycles. The van der Waals surface area contributed by atoms with Crippen molar-refractivity contribution in [2.45, 2.75) is 37.8 Å². The Labute approximate surface area is 103 Å². The van der Waals surface area contributed by atoms with Crippen molar-refractivity contribution in [3.8, 4) is 5.75 Å². The third kappa shape index (κ3) is 1.61. The number of piperidine rings is 1. The van der Waals surface area contributed by atoms with E-state index in [2.05, 4.69) is 23.1 Å². The summed E-state index contributed by atoms with van der Waals surface area (Å²) >= 11 is 0. The second-order valence-corrected chi connectivity index (χ2v) is 5.05. The summed E-state index contributed by atoms with van der Waals surface area (Å²) in [5.41, 5.74) is 8.65. The molecule has 0 amide bonds. The van der Waals surface area contributed by atoms with E-state index in [0.717, 1.165) is 18.7 Å². The summed E-state index contributed by atoms with van der Waals surface area (Å²) in [7, 11) is 1.75. The van der Waals surface area contributed by atoms with Crippen LogP contribution in [0.2, 0.25) is 0 Å². The van der Waals surface area contributed by atoms with Crippen LogP contribution in [0.25, 0.3) is 0 Å². The second-order valence-electron chi connectivity index (χ2n) is 5.05. The number of benzene rings is 1. The first-order valence-electron chi connectivity index (χ1n) is 6.49. The summed E-state index contributed by atoms with van der Waals surface area (Å²) in [4.78, 5) is 2.53. The van der Waals surface area contributed by atoms with Crippen molar-refractivity contribution < 1.29 is 4.74 Å². The lowest BCUT2D eigenvalue weighted by molar-refractivity contribution is 0.385. The van der Waals surface area contributed by atoms with E-state index in [0.29, 0.717) is 12.1 Å². The van der Waals surface area contributed by atoms with Crippen LogP contribution in [0.4, 0.5) is 5.69 Å². The third-order valence-electron chi connectivity index (χ3n) is 4.15. The SMILES string of the molecule is COc1cccc2c1N1C(CN)CCCC1C2. The highest BCUT2D eigenvalue weighted by atomic mass is 16.5. The molecule has 1 aromatic carbocycles. The first-order valence-corrected chi connectivity index (χ1v) is 6.49. The predicted molar refractivity (Wildman–Crippen MR) is 69.7 cm³/mol. The molecule has 2 N–H and O–H groups in total. The largest absolute Gasteiger partial charge is 0.495 e.